The van der Waals surface area contributed by atoms with Crippen LogP contribution < -0.4 is 5.69 Å². The Morgan fingerprint density at radius 3 is 2.53 bits per heavy atom. The van der Waals surface area contributed by atoms with E-state index in [9.17, 15) is 9.59 Å². The van der Waals surface area contributed by atoms with Gasteiger partial charge in [-0.2, -0.15) is 0 Å². The molecule has 1 amide bonds. The summed E-state index contributed by atoms with van der Waals surface area (Å²) < 4.78 is 3.01. The lowest BCUT2D eigenvalue weighted by Gasteiger charge is -2.31. The maximum Gasteiger partial charge on any atom is 0.328 e. The van der Waals surface area contributed by atoms with Gasteiger partial charge in [0.2, 0.25) is 5.91 Å². The fourth-order valence-corrected chi connectivity index (χ4v) is 6.76. The van der Waals surface area contributed by atoms with Gasteiger partial charge < -0.3 is 14.3 Å². The van der Waals surface area contributed by atoms with E-state index in [4.69, 9.17) is 44.6 Å². The van der Waals surface area contributed by atoms with Crippen molar-refractivity contribution >= 4 is 57.8 Å². The fraction of sp³-hybridized carbons (Fsp3) is 0.417. The van der Waals surface area contributed by atoms with Crippen molar-refractivity contribution in [3.8, 4) is 0 Å². The largest absolute Gasteiger partial charge is 0.387 e. The van der Waals surface area contributed by atoms with Gasteiger partial charge in [-0.05, 0) is 31.9 Å². The van der Waals surface area contributed by atoms with Gasteiger partial charge in [0, 0.05) is 60.3 Å². The molecule has 1 atom stereocenters. The standard InChI is InChI=1S/C24H24Cl3N5O3S/c1-13-10-30(2)24(34)32(13)11-21(33)31-5-3-14(4-6-31)23-28-19(12-36-23)18-9-20(35-29-18)22-16(26)7-15(25)8-17(22)27/h7-8,10,12,14,20H,3-6,9,11H2,1-2H3. The lowest BCUT2D eigenvalue weighted by molar-refractivity contribution is -0.133. The Kier molecular flexibility index (Phi) is 7.18. The molecule has 0 saturated carbocycles. The molecule has 0 N–H and O–H groups in total. The molecule has 2 aliphatic rings. The van der Waals surface area contributed by atoms with Crippen molar-refractivity contribution in [3.05, 3.63) is 71.2 Å². The lowest BCUT2D eigenvalue weighted by Crippen LogP contribution is -2.41. The monoisotopic (exact) mass is 567 g/mol. The topological polar surface area (TPSA) is 81.7 Å². The van der Waals surface area contributed by atoms with Crippen molar-refractivity contribution in [1.82, 2.24) is 19.0 Å². The van der Waals surface area contributed by atoms with Crippen molar-refractivity contribution in [2.75, 3.05) is 13.1 Å². The fourth-order valence-electron chi connectivity index (χ4n) is 4.70. The molecule has 1 aromatic carbocycles. The molecule has 12 heteroatoms. The Hall–Kier alpha value is -2.33. The molecule has 190 valence electrons. The maximum atomic E-state index is 12.8. The highest BCUT2D eigenvalue weighted by Crippen LogP contribution is 2.40. The quantitative estimate of drug-likeness (QED) is 0.425. The minimum atomic E-state index is -0.391. The highest BCUT2D eigenvalue weighted by molar-refractivity contribution is 7.10. The second kappa shape index (κ2) is 10.2. The van der Waals surface area contributed by atoms with Gasteiger partial charge in [0.25, 0.3) is 0 Å². The molecule has 0 spiro atoms. The number of halogens is 3. The van der Waals surface area contributed by atoms with Crippen molar-refractivity contribution in [1.29, 1.82) is 0 Å². The molecule has 1 fully saturated rings. The second-order valence-corrected chi connectivity index (χ2v) is 11.2. The molecule has 36 heavy (non-hydrogen) atoms. The van der Waals surface area contributed by atoms with E-state index in [-0.39, 0.29) is 24.1 Å². The average molecular weight is 569 g/mol. The second-order valence-electron chi connectivity index (χ2n) is 9.10. The number of benzene rings is 1. The van der Waals surface area contributed by atoms with Crippen LogP contribution in [0.2, 0.25) is 15.1 Å². The van der Waals surface area contributed by atoms with Gasteiger partial charge in [0.15, 0.2) is 6.10 Å². The first kappa shape index (κ1) is 25.3. The summed E-state index contributed by atoms with van der Waals surface area (Å²) >= 11 is 20.3. The number of likely N-dealkylation sites (tertiary alicyclic amines) is 1. The number of hydrogen-bond acceptors (Lipinski definition) is 6. The number of imidazole rings is 1. The first-order valence-corrected chi connectivity index (χ1v) is 13.6. The molecule has 4 heterocycles. The van der Waals surface area contributed by atoms with E-state index in [0.717, 1.165) is 34.9 Å². The number of aryl methyl sites for hydroxylation is 2. The maximum absolute atomic E-state index is 12.8. The van der Waals surface area contributed by atoms with Gasteiger partial charge in [0.1, 0.15) is 12.3 Å². The third-order valence-corrected chi connectivity index (χ3v) is 8.53. The Bertz CT molecular complexity index is 1380. The Morgan fingerprint density at radius 1 is 1.19 bits per heavy atom. The number of thiazole rings is 1. The molecule has 8 nitrogen and oxygen atoms in total. The SMILES string of the molecule is Cc1cn(C)c(=O)n1CC(=O)N1CCC(c2nc(C3=NOC(c4c(Cl)cc(Cl)cc4Cl)C3)cs2)CC1. The Morgan fingerprint density at radius 2 is 1.89 bits per heavy atom. The normalized spacial score (nSPS) is 18.4. The molecule has 0 radical (unpaired) electrons. The van der Waals surface area contributed by atoms with Crippen LogP contribution in [-0.4, -0.2) is 43.7 Å². The van der Waals surface area contributed by atoms with Crippen LogP contribution in [0.3, 0.4) is 0 Å². The lowest BCUT2D eigenvalue weighted by atomic mass is 9.97. The Balaban J connectivity index is 1.19. The van der Waals surface area contributed by atoms with Crippen molar-refractivity contribution in [2.45, 2.75) is 44.8 Å². The molecule has 1 unspecified atom stereocenters. The number of carbonyl (C=O) groups is 1. The van der Waals surface area contributed by atoms with Gasteiger partial charge in [-0.3, -0.25) is 9.36 Å². The highest BCUT2D eigenvalue weighted by Gasteiger charge is 2.31. The smallest absolute Gasteiger partial charge is 0.328 e. The van der Waals surface area contributed by atoms with E-state index in [0.29, 0.717) is 40.1 Å². The van der Waals surface area contributed by atoms with Gasteiger partial charge in [-0.1, -0.05) is 40.0 Å². The number of hydrogen-bond donors (Lipinski definition) is 0. The summed E-state index contributed by atoms with van der Waals surface area (Å²) in [5.74, 6) is 0.237. The molecule has 5 rings (SSSR count). The van der Waals surface area contributed by atoms with Crippen LogP contribution in [0.1, 0.15) is 53.2 Å². The molecule has 1 saturated heterocycles. The first-order valence-electron chi connectivity index (χ1n) is 11.5. The van der Waals surface area contributed by atoms with Gasteiger partial charge in [0.05, 0.1) is 20.7 Å². The minimum Gasteiger partial charge on any atom is -0.387 e. The predicted octanol–water partition coefficient (Wildman–Crippen LogP) is 5.18. The zero-order chi connectivity index (χ0) is 25.6. The third kappa shape index (κ3) is 4.94. The number of rotatable bonds is 5. The van der Waals surface area contributed by atoms with Crippen LogP contribution in [0.4, 0.5) is 0 Å². The third-order valence-electron chi connectivity index (χ3n) is 6.68. The molecule has 2 aromatic heterocycles. The summed E-state index contributed by atoms with van der Waals surface area (Å²) in [5, 5.41) is 8.63. The van der Waals surface area contributed by atoms with Crippen molar-refractivity contribution in [3.63, 3.8) is 0 Å². The molecule has 3 aromatic rings. The van der Waals surface area contributed by atoms with E-state index in [1.807, 2.05) is 17.2 Å². The highest BCUT2D eigenvalue weighted by atomic mass is 35.5. The van der Waals surface area contributed by atoms with Gasteiger partial charge in [-0.25, -0.2) is 9.78 Å². The van der Waals surface area contributed by atoms with Crippen LogP contribution in [0, 0.1) is 6.92 Å². The number of oxime groups is 1. The van der Waals surface area contributed by atoms with Gasteiger partial charge in [-0.15, -0.1) is 11.3 Å². The van der Waals surface area contributed by atoms with Crippen LogP contribution in [0.25, 0.3) is 0 Å². The molecular formula is C24H24Cl3N5O3S. The summed E-state index contributed by atoms with van der Waals surface area (Å²) in [7, 11) is 1.69. The summed E-state index contributed by atoms with van der Waals surface area (Å²) in [6, 6.07) is 3.28. The summed E-state index contributed by atoms with van der Waals surface area (Å²) in [4.78, 5) is 37.3. The van der Waals surface area contributed by atoms with Crippen LogP contribution in [-0.2, 0) is 23.2 Å². The minimum absolute atomic E-state index is 0.0345. The van der Waals surface area contributed by atoms with Crippen molar-refractivity contribution < 1.29 is 9.63 Å². The van der Waals surface area contributed by atoms with E-state index in [2.05, 4.69) is 5.16 Å². The number of nitrogens with zero attached hydrogens (tertiary/aromatic N) is 5. The van der Waals surface area contributed by atoms with E-state index in [1.165, 1.54) is 9.13 Å². The zero-order valence-corrected chi connectivity index (χ0v) is 22.8. The molecular weight excluding hydrogens is 545 g/mol. The zero-order valence-electron chi connectivity index (χ0n) is 19.7. The van der Waals surface area contributed by atoms with E-state index >= 15 is 0 Å². The molecule has 2 aliphatic heterocycles. The summed E-state index contributed by atoms with van der Waals surface area (Å²) in [6.45, 7) is 3.18. The average Bonchev–Trinajstić information content (AvgIpc) is 3.56. The summed E-state index contributed by atoms with van der Waals surface area (Å²) in [6.07, 6.45) is 3.50. The number of carbonyl (C=O) groups excluding carboxylic acids is 1. The molecule has 0 aliphatic carbocycles. The first-order chi connectivity index (χ1) is 17.2. The van der Waals surface area contributed by atoms with E-state index in [1.54, 1.807) is 36.7 Å². The van der Waals surface area contributed by atoms with Crippen LogP contribution in [0.5, 0.6) is 0 Å². The number of aromatic nitrogens is 3. The Labute approximate surface area is 227 Å². The van der Waals surface area contributed by atoms with Gasteiger partial charge >= 0.3 is 5.69 Å². The van der Waals surface area contributed by atoms with E-state index < -0.39 is 6.10 Å². The van der Waals surface area contributed by atoms with Crippen molar-refractivity contribution in [2.24, 2.45) is 12.2 Å². The molecule has 0 bridgehead atoms. The number of amides is 1. The summed E-state index contributed by atoms with van der Waals surface area (Å²) in [5.41, 5.74) is 2.81. The van der Waals surface area contributed by atoms with Crippen LogP contribution >= 0.6 is 46.1 Å². The van der Waals surface area contributed by atoms with Crippen LogP contribution in [0.15, 0.2) is 33.7 Å². The number of piperidine rings is 1. The predicted molar refractivity (Wildman–Crippen MR) is 142 cm³/mol.